The molecule has 3 nitrogen and oxygen atoms in total. The number of nitrogens with one attached hydrogen (secondary N) is 1. The van der Waals surface area contributed by atoms with E-state index in [0.717, 1.165) is 39.0 Å². The molecule has 1 aromatic carbocycles. The Labute approximate surface area is 127 Å². The minimum absolute atomic E-state index is 0.0256. The number of rotatable bonds is 5. The van der Waals surface area contributed by atoms with Gasteiger partial charge in [0.15, 0.2) is 11.6 Å². The lowest BCUT2D eigenvalue weighted by molar-refractivity contribution is 0.163. The molecule has 0 saturated carbocycles. The Balaban J connectivity index is 2.29. The van der Waals surface area contributed by atoms with Gasteiger partial charge >= 0.3 is 0 Å². The first kappa shape index (κ1) is 15.5. The lowest BCUT2D eigenvalue weighted by Crippen LogP contribution is -2.45. The molecular formula is C15H20BrFN2O. The molecule has 2 rings (SSSR count). The highest BCUT2D eigenvalue weighted by atomic mass is 79.9. The largest absolute Gasteiger partial charge is 0.505 e. The number of phenols is 1. The number of benzene rings is 1. The number of hydrogen-bond donors (Lipinski definition) is 2. The van der Waals surface area contributed by atoms with Gasteiger partial charge in [-0.25, -0.2) is 4.39 Å². The molecule has 1 aromatic rings. The second kappa shape index (κ2) is 7.20. The van der Waals surface area contributed by atoms with E-state index < -0.39 is 5.82 Å². The molecular weight excluding hydrogens is 323 g/mol. The van der Waals surface area contributed by atoms with Crippen molar-refractivity contribution in [1.29, 1.82) is 0 Å². The Morgan fingerprint density at radius 3 is 2.80 bits per heavy atom. The molecule has 1 atom stereocenters. The fourth-order valence-corrected chi connectivity index (χ4v) is 2.95. The first-order valence-electron chi connectivity index (χ1n) is 6.87. The molecule has 1 saturated heterocycles. The molecule has 2 N–H and O–H groups in total. The lowest BCUT2D eigenvalue weighted by atomic mass is 9.98. The Morgan fingerprint density at radius 2 is 2.15 bits per heavy atom. The van der Waals surface area contributed by atoms with Crippen LogP contribution in [0, 0.1) is 5.82 Å². The monoisotopic (exact) mass is 342 g/mol. The summed E-state index contributed by atoms with van der Waals surface area (Å²) in [7, 11) is 0. The Kier molecular flexibility index (Phi) is 5.57. The van der Waals surface area contributed by atoms with Gasteiger partial charge in [0, 0.05) is 37.8 Å². The zero-order chi connectivity index (χ0) is 14.5. The molecule has 0 radical (unpaired) electrons. The molecule has 0 amide bonds. The third-order valence-electron chi connectivity index (χ3n) is 3.70. The average molecular weight is 343 g/mol. The quantitative estimate of drug-likeness (QED) is 0.806. The Morgan fingerprint density at radius 1 is 1.45 bits per heavy atom. The number of aromatic hydroxyl groups is 1. The van der Waals surface area contributed by atoms with E-state index in [1.165, 1.54) is 0 Å². The number of allylic oxidation sites excluding steroid dienone is 1. The van der Waals surface area contributed by atoms with E-state index in [1.807, 2.05) is 6.08 Å². The van der Waals surface area contributed by atoms with Crippen molar-refractivity contribution in [3.8, 4) is 5.75 Å². The van der Waals surface area contributed by atoms with E-state index >= 15 is 0 Å². The normalized spacial score (nSPS) is 17.9. The molecule has 110 valence electrons. The van der Waals surface area contributed by atoms with Crippen molar-refractivity contribution >= 4 is 15.9 Å². The fraction of sp³-hybridized carbons (Fsp3) is 0.467. The molecule has 0 unspecified atom stereocenters. The Bertz CT molecular complexity index is 475. The first-order chi connectivity index (χ1) is 9.65. The van der Waals surface area contributed by atoms with Gasteiger partial charge in [-0.1, -0.05) is 12.1 Å². The number of hydrogen-bond acceptors (Lipinski definition) is 3. The van der Waals surface area contributed by atoms with E-state index in [2.05, 4.69) is 32.7 Å². The van der Waals surface area contributed by atoms with Crippen LogP contribution in [0.25, 0.3) is 0 Å². The van der Waals surface area contributed by atoms with Crippen LogP contribution >= 0.6 is 15.9 Å². The first-order valence-corrected chi connectivity index (χ1v) is 7.67. The summed E-state index contributed by atoms with van der Waals surface area (Å²) in [6.07, 6.45) is 3.53. The van der Waals surface area contributed by atoms with E-state index in [1.54, 1.807) is 12.1 Å². The van der Waals surface area contributed by atoms with Crippen LogP contribution in [0.3, 0.4) is 0 Å². The van der Waals surface area contributed by atoms with Gasteiger partial charge in [-0.15, -0.1) is 6.58 Å². The molecule has 0 aliphatic carbocycles. The van der Waals surface area contributed by atoms with Crippen molar-refractivity contribution in [2.24, 2.45) is 0 Å². The fourth-order valence-electron chi connectivity index (χ4n) is 2.63. The molecule has 0 aromatic heterocycles. The minimum Gasteiger partial charge on any atom is -0.505 e. The molecule has 5 heteroatoms. The molecule has 0 spiro atoms. The summed E-state index contributed by atoms with van der Waals surface area (Å²) in [6.45, 7) is 7.40. The summed E-state index contributed by atoms with van der Waals surface area (Å²) in [5.41, 5.74) is 0.662. The highest BCUT2D eigenvalue weighted by molar-refractivity contribution is 9.10. The van der Waals surface area contributed by atoms with Crippen LogP contribution < -0.4 is 5.32 Å². The second-order valence-corrected chi connectivity index (χ2v) is 5.82. The van der Waals surface area contributed by atoms with Crippen LogP contribution in [0.4, 0.5) is 4.39 Å². The molecule has 1 heterocycles. The highest BCUT2D eigenvalue weighted by Gasteiger charge is 2.25. The third kappa shape index (κ3) is 3.40. The van der Waals surface area contributed by atoms with Gasteiger partial charge in [-0.2, -0.15) is 0 Å². The smallest absolute Gasteiger partial charge is 0.179 e. The molecule has 1 fully saturated rings. The molecule has 1 aliphatic rings. The Hall–Kier alpha value is -0.910. The summed E-state index contributed by atoms with van der Waals surface area (Å²) in [4.78, 5) is 2.29. The molecule has 20 heavy (non-hydrogen) atoms. The SMILES string of the molecule is C=CCC[C@H](c1ccc(Br)c(F)c1O)N1CCNCC1. The van der Waals surface area contributed by atoms with Crippen molar-refractivity contribution in [2.45, 2.75) is 18.9 Å². The number of phenolic OH excluding ortho intramolecular Hbond substituents is 1. The van der Waals surface area contributed by atoms with Crippen LogP contribution in [0.15, 0.2) is 29.3 Å². The van der Waals surface area contributed by atoms with Crippen LogP contribution in [0.5, 0.6) is 5.75 Å². The van der Waals surface area contributed by atoms with Gasteiger partial charge in [-0.3, -0.25) is 4.90 Å². The maximum Gasteiger partial charge on any atom is 0.179 e. The van der Waals surface area contributed by atoms with Crippen molar-refractivity contribution in [3.63, 3.8) is 0 Å². The number of nitrogens with zero attached hydrogens (tertiary/aromatic N) is 1. The zero-order valence-electron chi connectivity index (χ0n) is 11.4. The number of piperazine rings is 1. The van der Waals surface area contributed by atoms with Gasteiger partial charge in [0.25, 0.3) is 0 Å². The summed E-state index contributed by atoms with van der Waals surface area (Å²) in [6, 6.07) is 3.49. The van der Waals surface area contributed by atoms with Crippen molar-refractivity contribution in [1.82, 2.24) is 10.2 Å². The van der Waals surface area contributed by atoms with Crippen LogP contribution in [-0.4, -0.2) is 36.2 Å². The topological polar surface area (TPSA) is 35.5 Å². The van der Waals surface area contributed by atoms with Crippen molar-refractivity contribution in [3.05, 3.63) is 40.6 Å². The van der Waals surface area contributed by atoms with E-state index in [9.17, 15) is 9.50 Å². The van der Waals surface area contributed by atoms with Gasteiger partial charge in [0.05, 0.1) is 4.47 Å². The van der Waals surface area contributed by atoms with Crippen molar-refractivity contribution in [2.75, 3.05) is 26.2 Å². The van der Waals surface area contributed by atoms with Gasteiger partial charge in [0.2, 0.25) is 0 Å². The maximum absolute atomic E-state index is 13.9. The van der Waals surface area contributed by atoms with E-state index in [4.69, 9.17) is 0 Å². The number of halogens is 2. The summed E-state index contributed by atoms with van der Waals surface area (Å²) >= 11 is 3.10. The predicted octanol–water partition coefficient (Wildman–Crippen LogP) is 3.21. The average Bonchev–Trinajstić information content (AvgIpc) is 2.48. The summed E-state index contributed by atoms with van der Waals surface area (Å²) in [5.74, 6) is -0.826. The minimum atomic E-state index is -0.582. The highest BCUT2D eigenvalue weighted by Crippen LogP contribution is 2.36. The van der Waals surface area contributed by atoms with Gasteiger partial charge < -0.3 is 10.4 Å². The maximum atomic E-state index is 13.9. The van der Waals surface area contributed by atoms with Gasteiger partial charge in [0.1, 0.15) is 0 Å². The standard InChI is InChI=1S/C15H20BrFN2O/c1-2-3-4-13(19-9-7-18-8-10-19)11-5-6-12(16)14(17)15(11)20/h2,5-6,13,18,20H,1,3-4,7-10H2/t13-/m1/s1. The summed E-state index contributed by atoms with van der Waals surface area (Å²) < 4.78 is 14.2. The lowest BCUT2D eigenvalue weighted by Gasteiger charge is -2.35. The van der Waals surface area contributed by atoms with Crippen molar-refractivity contribution < 1.29 is 9.50 Å². The van der Waals surface area contributed by atoms with Crippen LogP contribution in [0.1, 0.15) is 24.4 Å². The molecule has 1 aliphatic heterocycles. The van der Waals surface area contributed by atoms with Gasteiger partial charge in [-0.05, 0) is 34.8 Å². The summed E-state index contributed by atoms with van der Waals surface area (Å²) in [5, 5.41) is 13.4. The molecule has 0 bridgehead atoms. The van der Waals surface area contributed by atoms with E-state index in [0.29, 0.717) is 10.0 Å². The van der Waals surface area contributed by atoms with E-state index in [-0.39, 0.29) is 11.8 Å². The third-order valence-corrected chi connectivity index (χ3v) is 4.31. The van der Waals surface area contributed by atoms with Crippen LogP contribution in [0.2, 0.25) is 0 Å². The zero-order valence-corrected chi connectivity index (χ0v) is 13.0. The predicted molar refractivity (Wildman–Crippen MR) is 82.4 cm³/mol. The van der Waals surface area contributed by atoms with Crippen LogP contribution in [-0.2, 0) is 0 Å². The second-order valence-electron chi connectivity index (χ2n) is 4.97.